The van der Waals surface area contributed by atoms with Crippen LogP contribution in [0.2, 0.25) is 0 Å². The number of halogens is 1. The third-order valence-corrected chi connectivity index (χ3v) is 5.40. The average Bonchev–Trinajstić information content (AvgIpc) is 3.35. The predicted molar refractivity (Wildman–Crippen MR) is 125 cm³/mol. The summed E-state index contributed by atoms with van der Waals surface area (Å²) in [6.07, 6.45) is 1.49. The van der Waals surface area contributed by atoms with E-state index >= 15 is 0 Å². The van der Waals surface area contributed by atoms with Gasteiger partial charge in [-0.1, -0.05) is 18.2 Å². The van der Waals surface area contributed by atoms with Crippen molar-refractivity contribution in [3.63, 3.8) is 0 Å². The minimum absolute atomic E-state index is 0.0994. The minimum atomic E-state index is -0.551. The Labute approximate surface area is 201 Å². The number of aryl methyl sites for hydroxylation is 1. The summed E-state index contributed by atoms with van der Waals surface area (Å²) in [6.45, 7) is 1.89. The van der Waals surface area contributed by atoms with Gasteiger partial charge in [-0.2, -0.15) is 0 Å². The zero-order valence-electron chi connectivity index (χ0n) is 19.5. The number of hydrogen-bond acceptors (Lipinski definition) is 6. The van der Waals surface area contributed by atoms with E-state index in [1.54, 1.807) is 31.2 Å². The fraction of sp³-hybridized carbons (Fsp3) is 0.280. The Bertz CT molecular complexity index is 1160. The van der Waals surface area contributed by atoms with E-state index in [0.29, 0.717) is 16.9 Å². The number of ether oxygens (including phenoxy) is 1. The van der Waals surface area contributed by atoms with Gasteiger partial charge in [0.25, 0.3) is 11.6 Å². The van der Waals surface area contributed by atoms with Crippen molar-refractivity contribution in [2.75, 3.05) is 26.8 Å². The first-order valence-electron chi connectivity index (χ1n) is 10.9. The van der Waals surface area contributed by atoms with Crippen molar-refractivity contribution in [2.45, 2.75) is 20.0 Å². The van der Waals surface area contributed by atoms with Crippen LogP contribution in [0.1, 0.15) is 27.2 Å². The molecule has 184 valence electrons. The van der Waals surface area contributed by atoms with Gasteiger partial charge in [0.1, 0.15) is 18.1 Å². The number of nitro groups is 1. The van der Waals surface area contributed by atoms with Crippen molar-refractivity contribution in [2.24, 2.45) is 0 Å². The lowest BCUT2D eigenvalue weighted by Crippen LogP contribution is -2.43. The summed E-state index contributed by atoms with van der Waals surface area (Å²) in [7, 11) is 1.47. The van der Waals surface area contributed by atoms with Crippen molar-refractivity contribution < 1.29 is 28.1 Å². The molecule has 9 nitrogen and oxygen atoms in total. The van der Waals surface area contributed by atoms with Crippen LogP contribution in [0.15, 0.2) is 65.3 Å². The molecule has 1 aromatic heterocycles. The number of amides is 2. The molecule has 0 radical (unpaired) electrons. The SMILES string of the molecule is COCCN(CC(=O)N(Cc1ccc(F)cc1)Cc1ccco1)C(=O)c1ccc(C)c([N+](=O)[O-])c1. The zero-order chi connectivity index (χ0) is 25.4. The van der Waals surface area contributed by atoms with Gasteiger partial charge in [-0.3, -0.25) is 19.7 Å². The van der Waals surface area contributed by atoms with E-state index < -0.39 is 10.8 Å². The van der Waals surface area contributed by atoms with Crippen molar-refractivity contribution in [3.05, 3.63) is 99.2 Å². The van der Waals surface area contributed by atoms with E-state index in [0.717, 1.165) is 0 Å². The summed E-state index contributed by atoms with van der Waals surface area (Å²) in [5, 5.41) is 11.3. The van der Waals surface area contributed by atoms with E-state index in [9.17, 15) is 24.1 Å². The highest BCUT2D eigenvalue weighted by Crippen LogP contribution is 2.21. The smallest absolute Gasteiger partial charge is 0.273 e. The molecule has 0 spiro atoms. The summed E-state index contributed by atoms with van der Waals surface area (Å²) >= 11 is 0. The van der Waals surface area contributed by atoms with Crippen LogP contribution < -0.4 is 0 Å². The molecule has 0 aliphatic heterocycles. The number of rotatable bonds is 11. The van der Waals surface area contributed by atoms with Gasteiger partial charge in [0.2, 0.25) is 5.91 Å². The molecule has 0 atom stereocenters. The molecule has 0 unspecified atom stereocenters. The van der Waals surface area contributed by atoms with Crippen LogP contribution in [0.5, 0.6) is 0 Å². The molecule has 0 saturated carbocycles. The van der Waals surface area contributed by atoms with Crippen LogP contribution in [-0.2, 0) is 22.6 Å². The molecule has 0 N–H and O–H groups in total. The zero-order valence-corrected chi connectivity index (χ0v) is 19.5. The molecule has 0 aliphatic carbocycles. The molecule has 0 saturated heterocycles. The third kappa shape index (κ3) is 6.97. The third-order valence-electron chi connectivity index (χ3n) is 5.40. The normalized spacial score (nSPS) is 10.7. The number of nitro benzene ring substituents is 1. The molecule has 2 amide bonds. The second kappa shape index (κ2) is 11.9. The Morgan fingerprint density at radius 1 is 1.09 bits per heavy atom. The highest BCUT2D eigenvalue weighted by molar-refractivity contribution is 5.97. The Morgan fingerprint density at radius 3 is 2.46 bits per heavy atom. The fourth-order valence-electron chi connectivity index (χ4n) is 3.47. The second-order valence-electron chi connectivity index (χ2n) is 7.93. The van der Waals surface area contributed by atoms with E-state index in [1.165, 1.54) is 53.5 Å². The lowest BCUT2D eigenvalue weighted by atomic mass is 10.1. The van der Waals surface area contributed by atoms with Crippen LogP contribution in [0.25, 0.3) is 0 Å². The molecule has 1 heterocycles. The van der Waals surface area contributed by atoms with Gasteiger partial charge in [-0.25, -0.2) is 4.39 Å². The molecule has 3 aromatic rings. The lowest BCUT2D eigenvalue weighted by Gasteiger charge is -2.27. The van der Waals surface area contributed by atoms with E-state index in [1.807, 2.05) is 0 Å². The molecule has 0 bridgehead atoms. The topological polar surface area (TPSA) is 106 Å². The fourth-order valence-corrected chi connectivity index (χ4v) is 3.47. The van der Waals surface area contributed by atoms with Crippen LogP contribution in [0.4, 0.5) is 10.1 Å². The highest BCUT2D eigenvalue weighted by atomic mass is 19.1. The molecule has 10 heteroatoms. The first-order valence-corrected chi connectivity index (χ1v) is 10.9. The van der Waals surface area contributed by atoms with Crippen molar-refractivity contribution in [1.29, 1.82) is 0 Å². The maximum atomic E-state index is 13.3. The van der Waals surface area contributed by atoms with E-state index in [4.69, 9.17) is 9.15 Å². The van der Waals surface area contributed by atoms with Gasteiger partial charge < -0.3 is 19.0 Å². The van der Waals surface area contributed by atoms with Gasteiger partial charge in [-0.05, 0) is 42.8 Å². The van der Waals surface area contributed by atoms with E-state index in [-0.39, 0.29) is 55.8 Å². The quantitative estimate of drug-likeness (QED) is 0.302. The monoisotopic (exact) mass is 483 g/mol. The maximum absolute atomic E-state index is 13.3. The Balaban J connectivity index is 1.84. The first-order chi connectivity index (χ1) is 16.8. The Hall–Kier alpha value is -4.05. The molecule has 2 aromatic carbocycles. The van der Waals surface area contributed by atoms with Crippen LogP contribution in [-0.4, -0.2) is 53.3 Å². The number of methoxy groups -OCH3 is 1. The minimum Gasteiger partial charge on any atom is -0.467 e. The van der Waals surface area contributed by atoms with Gasteiger partial charge in [0.05, 0.1) is 24.3 Å². The first kappa shape index (κ1) is 25.6. The van der Waals surface area contributed by atoms with Gasteiger partial charge in [0, 0.05) is 37.4 Å². The number of hydrogen-bond donors (Lipinski definition) is 0. The Kier molecular flexibility index (Phi) is 8.69. The summed E-state index contributed by atoms with van der Waals surface area (Å²) in [5.41, 5.74) is 1.05. The van der Waals surface area contributed by atoms with Crippen molar-refractivity contribution in [3.8, 4) is 0 Å². The number of benzene rings is 2. The lowest BCUT2D eigenvalue weighted by molar-refractivity contribution is -0.385. The average molecular weight is 483 g/mol. The Morgan fingerprint density at radius 2 is 1.83 bits per heavy atom. The second-order valence-corrected chi connectivity index (χ2v) is 7.93. The number of carbonyl (C=O) groups excluding carboxylic acids is 2. The summed E-state index contributed by atoms with van der Waals surface area (Å²) in [5.74, 6) is -0.749. The molecular weight excluding hydrogens is 457 g/mol. The summed E-state index contributed by atoms with van der Waals surface area (Å²) < 4.78 is 23.8. The summed E-state index contributed by atoms with van der Waals surface area (Å²) in [4.78, 5) is 40.1. The molecular formula is C25H26FN3O6. The van der Waals surface area contributed by atoms with Gasteiger partial charge >= 0.3 is 0 Å². The van der Waals surface area contributed by atoms with Gasteiger partial charge in [0.15, 0.2) is 0 Å². The summed E-state index contributed by atoms with van der Waals surface area (Å²) in [6, 6.07) is 13.4. The maximum Gasteiger partial charge on any atom is 0.273 e. The van der Waals surface area contributed by atoms with Crippen molar-refractivity contribution in [1.82, 2.24) is 9.80 Å². The number of carbonyl (C=O) groups is 2. The van der Waals surface area contributed by atoms with Crippen LogP contribution in [0, 0.1) is 22.9 Å². The number of nitrogens with zero attached hydrogens (tertiary/aromatic N) is 3. The molecule has 3 rings (SSSR count). The standard InChI is InChI=1S/C25H26FN3O6/c1-18-5-8-20(14-23(18)29(32)33)25(31)27(11-13-34-2)17-24(30)28(16-22-4-3-12-35-22)15-19-6-9-21(26)10-7-19/h3-10,12,14H,11,13,15-17H2,1-2H3. The van der Waals surface area contributed by atoms with Crippen molar-refractivity contribution >= 4 is 17.5 Å². The number of furan rings is 1. The van der Waals surface area contributed by atoms with Crippen LogP contribution in [0.3, 0.4) is 0 Å². The van der Waals surface area contributed by atoms with E-state index in [2.05, 4.69) is 0 Å². The molecule has 35 heavy (non-hydrogen) atoms. The largest absolute Gasteiger partial charge is 0.467 e. The van der Waals surface area contributed by atoms with Crippen LogP contribution >= 0.6 is 0 Å². The molecule has 0 fully saturated rings. The van der Waals surface area contributed by atoms with Gasteiger partial charge in [-0.15, -0.1) is 0 Å². The highest BCUT2D eigenvalue weighted by Gasteiger charge is 2.25. The molecule has 0 aliphatic rings. The predicted octanol–water partition coefficient (Wildman–Crippen LogP) is 3.95.